The highest BCUT2D eigenvalue weighted by Gasteiger charge is 2.15. The molecule has 0 bridgehead atoms. The molecule has 2 heterocycles. The Morgan fingerprint density at radius 3 is 1.93 bits per heavy atom. The predicted molar refractivity (Wildman–Crippen MR) is 112 cm³/mol. The molecule has 0 aliphatic carbocycles. The number of nitrogens with zero attached hydrogens (tertiary/aromatic N) is 1. The van der Waals surface area contributed by atoms with Crippen LogP contribution in [0.5, 0.6) is 0 Å². The Kier molecular flexibility index (Phi) is 4.64. The first-order valence-corrected chi connectivity index (χ1v) is 9.19. The lowest BCUT2D eigenvalue weighted by Crippen LogP contribution is -2.41. The summed E-state index contributed by atoms with van der Waals surface area (Å²) in [6, 6.07) is 16.5. The summed E-state index contributed by atoms with van der Waals surface area (Å²) in [5.74, 6) is -0.162. The first-order chi connectivity index (χ1) is 13.1. The van der Waals surface area contributed by atoms with E-state index in [0.29, 0.717) is 18.2 Å². The molecule has 0 atom stereocenters. The second kappa shape index (κ2) is 7.25. The van der Waals surface area contributed by atoms with Crippen LogP contribution in [0.25, 0.3) is 21.8 Å². The summed E-state index contributed by atoms with van der Waals surface area (Å²) in [5, 5.41) is 5.52. The number of amides is 1. The molecule has 0 saturated heterocycles. The molecule has 0 saturated carbocycles. The van der Waals surface area contributed by atoms with Gasteiger partial charge in [0, 0.05) is 54.2 Å². The number of benzene rings is 2. The van der Waals surface area contributed by atoms with E-state index in [1.807, 2.05) is 29.4 Å². The molecular formula is C21H20N4OS. The van der Waals surface area contributed by atoms with Crippen LogP contribution in [0, 0.1) is 0 Å². The number of H-pyrrole nitrogens is 2. The lowest BCUT2D eigenvalue weighted by atomic mass is 10.1. The number of carbonyl (C=O) groups excluding carboxylic acids is 1. The fraction of sp³-hybridized carbons (Fsp3) is 0.143. The van der Waals surface area contributed by atoms with Crippen LogP contribution in [-0.4, -0.2) is 25.9 Å². The second-order valence-electron chi connectivity index (χ2n) is 6.55. The highest BCUT2D eigenvalue weighted by molar-refractivity contribution is 7.80. The molecule has 0 aliphatic heterocycles. The average Bonchev–Trinajstić information content (AvgIpc) is 3.30. The van der Waals surface area contributed by atoms with E-state index in [-0.39, 0.29) is 5.91 Å². The number of aromatic nitrogens is 2. The molecular weight excluding hydrogens is 356 g/mol. The molecule has 1 amide bonds. The van der Waals surface area contributed by atoms with Gasteiger partial charge in [-0.2, -0.15) is 0 Å². The number of hydrogen-bond acceptors (Lipinski definition) is 2. The largest absolute Gasteiger partial charge is 0.361 e. The monoisotopic (exact) mass is 376 g/mol. The minimum absolute atomic E-state index is 0.162. The molecule has 0 radical (unpaired) electrons. The first-order valence-electron chi connectivity index (χ1n) is 8.78. The number of nitrogens with one attached hydrogen (secondary N) is 3. The van der Waals surface area contributed by atoms with Gasteiger partial charge in [-0.25, -0.2) is 0 Å². The van der Waals surface area contributed by atoms with Crippen LogP contribution in [0.3, 0.4) is 0 Å². The number of aromatic amines is 2. The van der Waals surface area contributed by atoms with Gasteiger partial charge in [-0.1, -0.05) is 24.3 Å². The fourth-order valence-corrected chi connectivity index (χ4v) is 3.69. The van der Waals surface area contributed by atoms with E-state index in [1.165, 1.54) is 6.92 Å². The van der Waals surface area contributed by atoms with E-state index in [4.69, 9.17) is 12.2 Å². The van der Waals surface area contributed by atoms with Crippen molar-refractivity contribution in [1.29, 1.82) is 0 Å². The molecule has 2 aromatic carbocycles. The van der Waals surface area contributed by atoms with Gasteiger partial charge >= 0.3 is 0 Å². The number of thiocarbonyl (C=S) groups is 1. The number of hydrogen-bond donors (Lipinski definition) is 3. The molecule has 3 N–H and O–H groups in total. The van der Waals surface area contributed by atoms with Crippen molar-refractivity contribution < 1.29 is 4.79 Å². The lowest BCUT2D eigenvalue weighted by Gasteiger charge is -2.26. The minimum Gasteiger partial charge on any atom is -0.361 e. The molecule has 27 heavy (non-hydrogen) atoms. The molecule has 5 nitrogen and oxygen atoms in total. The molecule has 0 spiro atoms. The first kappa shape index (κ1) is 17.3. The van der Waals surface area contributed by atoms with Crippen LogP contribution < -0.4 is 5.32 Å². The summed E-state index contributed by atoms with van der Waals surface area (Å²) in [4.78, 5) is 20.1. The molecule has 4 rings (SSSR count). The summed E-state index contributed by atoms with van der Waals surface area (Å²) >= 11 is 5.53. The quantitative estimate of drug-likeness (QED) is 0.471. The summed E-state index contributed by atoms with van der Waals surface area (Å²) in [7, 11) is 0. The topological polar surface area (TPSA) is 63.9 Å². The van der Waals surface area contributed by atoms with Gasteiger partial charge in [0.25, 0.3) is 0 Å². The summed E-state index contributed by atoms with van der Waals surface area (Å²) in [6.45, 7) is 2.69. The van der Waals surface area contributed by atoms with Crippen molar-refractivity contribution in [3.8, 4) is 0 Å². The van der Waals surface area contributed by atoms with E-state index in [1.54, 1.807) is 0 Å². The normalized spacial score (nSPS) is 11.0. The standard InChI is InChI=1S/C21H20N4OS/c1-14(26)24-21(27)25(12-15-4-2-6-19-17(15)8-10-22-19)13-16-5-3-7-20-18(16)9-11-23-20/h2-11,22-23H,12-13H2,1H3,(H,24,26,27). The van der Waals surface area contributed by atoms with Gasteiger partial charge < -0.3 is 20.2 Å². The minimum atomic E-state index is -0.162. The molecule has 0 fully saturated rings. The average molecular weight is 376 g/mol. The van der Waals surface area contributed by atoms with Crippen molar-refractivity contribution in [2.75, 3.05) is 0 Å². The van der Waals surface area contributed by atoms with Gasteiger partial charge in [-0.3, -0.25) is 4.79 Å². The van der Waals surface area contributed by atoms with E-state index in [2.05, 4.69) is 51.7 Å². The van der Waals surface area contributed by atoms with Crippen LogP contribution >= 0.6 is 12.2 Å². The maximum absolute atomic E-state index is 11.6. The van der Waals surface area contributed by atoms with Crippen LogP contribution in [0.2, 0.25) is 0 Å². The van der Waals surface area contributed by atoms with Crippen molar-refractivity contribution in [2.45, 2.75) is 20.0 Å². The van der Waals surface area contributed by atoms with Crippen LogP contribution in [0.15, 0.2) is 60.9 Å². The third-order valence-corrected chi connectivity index (χ3v) is 5.02. The van der Waals surface area contributed by atoms with E-state index >= 15 is 0 Å². The summed E-state index contributed by atoms with van der Waals surface area (Å²) < 4.78 is 0. The lowest BCUT2D eigenvalue weighted by molar-refractivity contribution is -0.117. The highest BCUT2D eigenvalue weighted by Crippen LogP contribution is 2.23. The van der Waals surface area contributed by atoms with Crippen molar-refractivity contribution in [2.24, 2.45) is 0 Å². The molecule has 4 aromatic rings. The van der Waals surface area contributed by atoms with Gasteiger partial charge in [0.2, 0.25) is 5.91 Å². The van der Waals surface area contributed by atoms with Crippen LogP contribution in [0.1, 0.15) is 18.1 Å². The fourth-order valence-electron chi connectivity index (χ4n) is 3.42. The smallest absolute Gasteiger partial charge is 0.222 e. The van der Waals surface area contributed by atoms with Crippen molar-refractivity contribution in [3.05, 3.63) is 72.1 Å². The zero-order valence-electron chi connectivity index (χ0n) is 15.0. The Balaban J connectivity index is 1.68. The molecule has 0 aliphatic rings. The Morgan fingerprint density at radius 2 is 1.44 bits per heavy atom. The van der Waals surface area contributed by atoms with Gasteiger partial charge in [-0.05, 0) is 47.6 Å². The number of rotatable bonds is 4. The maximum atomic E-state index is 11.6. The number of fused-ring (bicyclic) bond motifs is 2. The summed E-state index contributed by atoms with van der Waals surface area (Å²) in [5.41, 5.74) is 4.49. The molecule has 2 aromatic heterocycles. The van der Waals surface area contributed by atoms with Crippen molar-refractivity contribution >= 4 is 45.0 Å². The number of carbonyl (C=O) groups is 1. The second-order valence-corrected chi connectivity index (χ2v) is 6.94. The maximum Gasteiger partial charge on any atom is 0.222 e. The summed E-state index contributed by atoms with van der Waals surface area (Å²) in [6.07, 6.45) is 3.87. The van der Waals surface area contributed by atoms with E-state index in [9.17, 15) is 4.79 Å². The van der Waals surface area contributed by atoms with Crippen LogP contribution in [-0.2, 0) is 17.9 Å². The van der Waals surface area contributed by atoms with E-state index in [0.717, 1.165) is 32.9 Å². The van der Waals surface area contributed by atoms with Gasteiger partial charge in [0.15, 0.2) is 5.11 Å². The molecule has 0 unspecified atom stereocenters. The Hall–Kier alpha value is -3.12. The zero-order valence-corrected chi connectivity index (χ0v) is 15.8. The van der Waals surface area contributed by atoms with Crippen LogP contribution in [0.4, 0.5) is 0 Å². The Labute approximate surface area is 162 Å². The van der Waals surface area contributed by atoms with Gasteiger partial charge in [0.1, 0.15) is 0 Å². The van der Waals surface area contributed by atoms with Crippen molar-refractivity contribution in [3.63, 3.8) is 0 Å². The Bertz CT molecular complexity index is 1050. The van der Waals surface area contributed by atoms with Gasteiger partial charge in [-0.15, -0.1) is 0 Å². The zero-order chi connectivity index (χ0) is 18.8. The third-order valence-electron chi connectivity index (χ3n) is 4.66. The Morgan fingerprint density at radius 1 is 0.926 bits per heavy atom. The highest BCUT2D eigenvalue weighted by atomic mass is 32.1. The van der Waals surface area contributed by atoms with Crippen molar-refractivity contribution in [1.82, 2.24) is 20.2 Å². The van der Waals surface area contributed by atoms with Gasteiger partial charge in [0.05, 0.1) is 0 Å². The molecule has 136 valence electrons. The SMILES string of the molecule is CC(=O)NC(=S)N(Cc1cccc2[nH]ccc12)Cc1cccc2[nH]ccc12. The third kappa shape index (κ3) is 3.57. The van der Waals surface area contributed by atoms with E-state index < -0.39 is 0 Å². The molecule has 6 heteroatoms. The predicted octanol–water partition coefficient (Wildman–Crippen LogP) is 4.07.